The Hall–Kier alpha value is -2.37. The summed E-state index contributed by atoms with van der Waals surface area (Å²) >= 11 is 0. The van der Waals surface area contributed by atoms with Gasteiger partial charge in [0.2, 0.25) is 0 Å². The van der Waals surface area contributed by atoms with Crippen molar-refractivity contribution in [3.05, 3.63) is 29.8 Å². The highest BCUT2D eigenvalue weighted by Crippen LogP contribution is 2.11. The van der Waals surface area contributed by atoms with Crippen LogP contribution in [0, 0.1) is 6.92 Å². The van der Waals surface area contributed by atoms with Crippen LogP contribution < -0.4 is 10.2 Å². The second-order valence-electron chi connectivity index (χ2n) is 4.47. The summed E-state index contributed by atoms with van der Waals surface area (Å²) in [4.78, 5) is 22.8. The molecular weight excluding hydrogens is 272 g/mol. The Morgan fingerprint density at radius 3 is 2.76 bits per heavy atom. The molecule has 0 fully saturated rings. The van der Waals surface area contributed by atoms with Crippen molar-refractivity contribution in [1.29, 1.82) is 0 Å². The Balaban J connectivity index is 2.35. The maximum absolute atomic E-state index is 11.6. The SMILES string of the molecule is CCOC(=O)C/C(C)=N/NC(=O)COc1cccc(C)c1. The minimum absolute atomic E-state index is 0.0485. The Labute approximate surface area is 124 Å². The van der Waals surface area contributed by atoms with Gasteiger partial charge in [-0.05, 0) is 38.5 Å². The highest BCUT2D eigenvalue weighted by Gasteiger charge is 2.06. The van der Waals surface area contributed by atoms with Crippen molar-refractivity contribution >= 4 is 17.6 Å². The second kappa shape index (κ2) is 8.73. The van der Waals surface area contributed by atoms with Crippen LogP contribution in [0.15, 0.2) is 29.4 Å². The summed E-state index contributed by atoms with van der Waals surface area (Å²) in [5, 5.41) is 3.81. The molecule has 0 atom stereocenters. The quantitative estimate of drug-likeness (QED) is 0.472. The third-order valence-corrected chi connectivity index (χ3v) is 2.44. The van der Waals surface area contributed by atoms with Gasteiger partial charge in [0.15, 0.2) is 6.61 Å². The Kier molecular flexibility index (Phi) is 6.94. The number of nitrogens with zero attached hydrogens (tertiary/aromatic N) is 1. The number of aryl methyl sites for hydroxylation is 1. The molecule has 6 nitrogen and oxygen atoms in total. The molecule has 0 aromatic heterocycles. The van der Waals surface area contributed by atoms with E-state index >= 15 is 0 Å². The van der Waals surface area contributed by atoms with Gasteiger partial charge in [-0.15, -0.1) is 0 Å². The van der Waals surface area contributed by atoms with Crippen molar-refractivity contribution in [2.75, 3.05) is 13.2 Å². The van der Waals surface area contributed by atoms with Crippen LogP contribution in [0.25, 0.3) is 0 Å². The van der Waals surface area contributed by atoms with E-state index in [0.29, 0.717) is 18.1 Å². The zero-order chi connectivity index (χ0) is 15.7. The molecule has 1 N–H and O–H groups in total. The summed E-state index contributed by atoms with van der Waals surface area (Å²) in [6, 6.07) is 7.40. The first-order valence-electron chi connectivity index (χ1n) is 6.68. The Bertz CT molecular complexity index is 526. The molecule has 21 heavy (non-hydrogen) atoms. The third-order valence-electron chi connectivity index (χ3n) is 2.44. The van der Waals surface area contributed by atoms with Gasteiger partial charge in [0, 0.05) is 5.71 Å². The standard InChI is InChI=1S/C15H20N2O4/c1-4-20-15(19)9-12(3)16-17-14(18)10-21-13-7-5-6-11(2)8-13/h5-8H,4,9-10H2,1-3H3,(H,17,18)/b16-12+. The molecule has 0 aliphatic heterocycles. The maximum Gasteiger partial charge on any atom is 0.311 e. The summed E-state index contributed by atoms with van der Waals surface area (Å²) < 4.78 is 10.1. The van der Waals surface area contributed by atoms with Crippen LogP contribution in [0.2, 0.25) is 0 Å². The van der Waals surface area contributed by atoms with Crippen molar-refractivity contribution in [3.63, 3.8) is 0 Å². The number of hydrogen-bond donors (Lipinski definition) is 1. The molecule has 1 aromatic rings. The van der Waals surface area contributed by atoms with E-state index in [1.807, 2.05) is 25.1 Å². The summed E-state index contributed by atoms with van der Waals surface area (Å²) in [6.07, 6.45) is 0.0485. The summed E-state index contributed by atoms with van der Waals surface area (Å²) in [5.74, 6) is -0.138. The van der Waals surface area contributed by atoms with E-state index in [4.69, 9.17) is 9.47 Å². The van der Waals surface area contributed by atoms with Gasteiger partial charge in [0.05, 0.1) is 13.0 Å². The van der Waals surface area contributed by atoms with Crippen molar-refractivity contribution in [2.24, 2.45) is 5.10 Å². The summed E-state index contributed by atoms with van der Waals surface area (Å²) in [5.41, 5.74) is 3.85. The largest absolute Gasteiger partial charge is 0.484 e. The normalized spacial score (nSPS) is 10.9. The fourth-order valence-corrected chi connectivity index (χ4v) is 1.50. The fourth-order valence-electron chi connectivity index (χ4n) is 1.50. The minimum Gasteiger partial charge on any atom is -0.484 e. The lowest BCUT2D eigenvalue weighted by atomic mass is 10.2. The Morgan fingerprint density at radius 1 is 1.33 bits per heavy atom. The smallest absolute Gasteiger partial charge is 0.311 e. The molecule has 0 aliphatic rings. The number of nitrogens with one attached hydrogen (secondary N) is 1. The molecule has 0 spiro atoms. The molecule has 1 amide bonds. The van der Waals surface area contributed by atoms with E-state index in [9.17, 15) is 9.59 Å². The fraction of sp³-hybridized carbons (Fsp3) is 0.400. The number of carbonyl (C=O) groups is 2. The van der Waals surface area contributed by atoms with Gasteiger partial charge >= 0.3 is 5.97 Å². The molecule has 0 unspecified atom stereocenters. The molecule has 114 valence electrons. The molecule has 0 radical (unpaired) electrons. The minimum atomic E-state index is -0.389. The van der Waals surface area contributed by atoms with Gasteiger partial charge in [0.1, 0.15) is 5.75 Å². The molecule has 0 bridgehead atoms. The third kappa shape index (κ3) is 7.10. The van der Waals surface area contributed by atoms with E-state index in [0.717, 1.165) is 5.56 Å². The average Bonchev–Trinajstić information content (AvgIpc) is 2.43. The lowest BCUT2D eigenvalue weighted by Gasteiger charge is -2.06. The molecule has 0 saturated carbocycles. The van der Waals surface area contributed by atoms with E-state index in [2.05, 4.69) is 10.5 Å². The number of hydrazone groups is 1. The lowest BCUT2D eigenvalue weighted by molar-refractivity contribution is -0.141. The highest BCUT2D eigenvalue weighted by molar-refractivity contribution is 5.98. The number of carbonyl (C=O) groups excluding carboxylic acids is 2. The first-order chi connectivity index (χ1) is 10.0. The van der Waals surface area contributed by atoms with Crippen molar-refractivity contribution in [2.45, 2.75) is 27.2 Å². The maximum atomic E-state index is 11.6. The van der Waals surface area contributed by atoms with E-state index in [-0.39, 0.29) is 24.9 Å². The van der Waals surface area contributed by atoms with E-state index in [1.165, 1.54) is 0 Å². The number of esters is 1. The number of hydrogen-bond acceptors (Lipinski definition) is 5. The van der Waals surface area contributed by atoms with Gasteiger partial charge in [-0.3, -0.25) is 9.59 Å². The number of amides is 1. The number of benzene rings is 1. The average molecular weight is 292 g/mol. The van der Waals surface area contributed by atoms with Crippen LogP contribution in [0.1, 0.15) is 25.8 Å². The van der Waals surface area contributed by atoms with Crippen LogP contribution in [-0.4, -0.2) is 30.8 Å². The molecule has 1 rings (SSSR count). The zero-order valence-corrected chi connectivity index (χ0v) is 12.5. The summed E-state index contributed by atoms with van der Waals surface area (Å²) in [6.45, 7) is 5.49. The zero-order valence-electron chi connectivity index (χ0n) is 12.5. The van der Waals surface area contributed by atoms with Gasteiger partial charge < -0.3 is 9.47 Å². The van der Waals surface area contributed by atoms with Crippen LogP contribution in [0.4, 0.5) is 0 Å². The van der Waals surface area contributed by atoms with Gasteiger partial charge in [-0.1, -0.05) is 12.1 Å². The molecule has 0 aliphatic carbocycles. The van der Waals surface area contributed by atoms with Crippen molar-refractivity contribution < 1.29 is 19.1 Å². The van der Waals surface area contributed by atoms with Crippen LogP contribution in [-0.2, 0) is 14.3 Å². The number of ether oxygens (including phenoxy) is 2. The van der Waals surface area contributed by atoms with Crippen molar-refractivity contribution in [1.82, 2.24) is 5.43 Å². The van der Waals surface area contributed by atoms with Crippen LogP contribution in [0.3, 0.4) is 0 Å². The topological polar surface area (TPSA) is 77.0 Å². The number of rotatable bonds is 7. The molecule has 0 heterocycles. The van der Waals surface area contributed by atoms with Crippen LogP contribution in [0.5, 0.6) is 5.75 Å². The van der Waals surface area contributed by atoms with Gasteiger partial charge in [-0.2, -0.15) is 5.10 Å². The molecule has 0 saturated heterocycles. The lowest BCUT2D eigenvalue weighted by Crippen LogP contribution is -2.26. The molecule has 6 heteroatoms. The van der Waals surface area contributed by atoms with Gasteiger partial charge in [0.25, 0.3) is 5.91 Å². The monoisotopic (exact) mass is 292 g/mol. The van der Waals surface area contributed by atoms with E-state index in [1.54, 1.807) is 19.9 Å². The Morgan fingerprint density at radius 2 is 2.10 bits per heavy atom. The van der Waals surface area contributed by atoms with Gasteiger partial charge in [-0.25, -0.2) is 5.43 Å². The predicted molar refractivity (Wildman–Crippen MR) is 79.2 cm³/mol. The predicted octanol–water partition coefficient (Wildman–Crippen LogP) is 1.82. The highest BCUT2D eigenvalue weighted by atomic mass is 16.5. The summed E-state index contributed by atoms with van der Waals surface area (Å²) in [7, 11) is 0. The first kappa shape index (κ1) is 16.7. The van der Waals surface area contributed by atoms with E-state index < -0.39 is 0 Å². The van der Waals surface area contributed by atoms with Crippen molar-refractivity contribution in [3.8, 4) is 5.75 Å². The molecular formula is C15H20N2O4. The second-order valence-corrected chi connectivity index (χ2v) is 4.47. The molecule has 1 aromatic carbocycles. The first-order valence-corrected chi connectivity index (χ1v) is 6.68. The van der Waals surface area contributed by atoms with Crippen LogP contribution >= 0.6 is 0 Å².